The van der Waals surface area contributed by atoms with Crippen molar-refractivity contribution in [1.82, 2.24) is 35.0 Å². The molecule has 0 aliphatic heterocycles. The van der Waals surface area contributed by atoms with Crippen LogP contribution in [0, 0.1) is 0 Å². The summed E-state index contributed by atoms with van der Waals surface area (Å²) in [6, 6.07) is 12.2. The maximum Gasteiger partial charge on any atom is 0.185 e. The van der Waals surface area contributed by atoms with Gasteiger partial charge in [0.2, 0.25) is 0 Å². The summed E-state index contributed by atoms with van der Waals surface area (Å²) in [5, 5.41) is 20.8. The lowest BCUT2D eigenvalue weighted by atomic mass is 9.80. The number of aromatic amines is 1. The number of nitrogens with one attached hydrogen (secondary N) is 1. The van der Waals surface area contributed by atoms with Crippen molar-refractivity contribution < 1.29 is 0 Å². The van der Waals surface area contributed by atoms with Crippen LogP contribution < -0.4 is 4.90 Å². The van der Waals surface area contributed by atoms with E-state index in [2.05, 4.69) is 43.3 Å². The highest BCUT2D eigenvalue weighted by atomic mass is 15.4. The number of nitrogens with zero attached hydrogens (tertiary/aromatic N) is 7. The van der Waals surface area contributed by atoms with Crippen LogP contribution in [0.25, 0.3) is 17.0 Å². The van der Waals surface area contributed by atoms with Crippen LogP contribution in [0.4, 0.5) is 5.82 Å². The van der Waals surface area contributed by atoms with E-state index in [1.165, 1.54) is 24.8 Å². The molecule has 0 amide bonds. The third-order valence-corrected chi connectivity index (χ3v) is 5.70. The highest BCUT2D eigenvalue weighted by Crippen LogP contribution is 2.41. The molecule has 1 N–H and O–H groups in total. The minimum atomic E-state index is -0.00770. The molecule has 1 aliphatic rings. The molecule has 0 bridgehead atoms. The predicted octanol–water partition coefficient (Wildman–Crippen LogP) is 3.37. The molecular formula is C20H22N8. The summed E-state index contributed by atoms with van der Waals surface area (Å²) in [5.74, 6) is 2.95. The molecule has 8 heteroatoms. The fourth-order valence-electron chi connectivity index (χ4n) is 3.67. The summed E-state index contributed by atoms with van der Waals surface area (Å²) in [7, 11) is 2.05. The van der Waals surface area contributed by atoms with Gasteiger partial charge in [0.25, 0.3) is 0 Å². The Kier molecular flexibility index (Phi) is 4.03. The van der Waals surface area contributed by atoms with E-state index in [0.717, 1.165) is 28.7 Å². The summed E-state index contributed by atoms with van der Waals surface area (Å²) < 4.78 is 1.84. The zero-order valence-corrected chi connectivity index (χ0v) is 15.9. The molecular weight excluding hydrogens is 352 g/mol. The number of anilines is 1. The predicted molar refractivity (Wildman–Crippen MR) is 106 cm³/mol. The Balaban J connectivity index is 1.64. The van der Waals surface area contributed by atoms with Crippen molar-refractivity contribution in [2.45, 2.75) is 38.1 Å². The molecule has 142 valence electrons. The highest BCUT2D eigenvalue weighted by Gasteiger charge is 2.28. The Morgan fingerprint density at radius 2 is 2.00 bits per heavy atom. The fraction of sp³-hybridized carbons (Fsp3) is 0.350. The van der Waals surface area contributed by atoms with Gasteiger partial charge in [-0.2, -0.15) is 9.61 Å². The van der Waals surface area contributed by atoms with Crippen LogP contribution in [0.5, 0.6) is 0 Å². The summed E-state index contributed by atoms with van der Waals surface area (Å²) in [5.41, 5.74) is 3.01. The first kappa shape index (κ1) is 16.9. The van der Waals surface area contributed by atoms with Gasteiger partial charge in [-0.15, -0.1) is 15.3 Å². The van der Waals surface area contributed by atoms with Gasteiger partial charge in [-0.25, -0.2) is 4.98 Å². The molecule has 1 saturated carbocycles. The first-order valence-electron chi connectivity index (χ1n) is 9.62. The molecule has 8 nitrogen and oxygen atoms in total. The SMILES string of the molecule is CC(c1nc[nH]n1)N(C)c1nn2c(-c3ccccc3)nnc2cc1C1CCC1. The van der Waals surface area contributed by atoms with E-state index in [9.17, 15) is 0 Å². The Morgan fingerprint density at radius 1 is 1.18 bits per heavy atom. The lowest BCUT2D eigenvalue weighted by Crippen LogP contribution is -2.27. The normalized spacial score (nSPS) is 15.5. The Hall–Kier alpha value is -3.29. The van der Waals surface area contributed by atoms with Crippen LogP contribution in [-0.2, 0) is 0 Å². The monoisotopic (exact) mass is 374 g/mol. The number of hydrogen-bond acceptors (Lipinski definition) is 6. The Morgan fingerprint density at radius 3 is 2.68 bits per heavy atom. The highest BCUT2D eigenvalue weighted by molar-refractivity contribution is 5.62. The van der Waals surface area contributed by atoms with Crippen molar-refractivity contribution in [2.24, 2.45) is 0 Å². The second-order valence-electron chi connectivity index (χ2n) is 7.35. The van der Waals surface area contributed by atoms with Crippen molar-refractivity contribution in [1.29, 1.82) is 0 Å². The maximum absolute atomic E-state index is 5.00. The molecule has 1 aromatic carbocycles. The molecule has 1 fully saturated rings. The topological polar surface area (TPSA) is 87.9 Å². The Bertz CT molecular complexity index is 1080. The lowest BCUT2D eigenvalue weighted by molar-refractivity contribution is 0.417. The van der Waals surface area contributed by atoms with Gasteiger partial charge in [0.1, 0.15) is 6.33 Å². The fourth-order valence-corrected chi connectivity index (χ4v) is 3.67. The van der Waals surface area contributed by atoms with E-state index in [1.54, 1.807) is 6.33 Å². The molecule has 0 saturated heterocycles. The lowest BCUT2D eigenvalue weighted by Gasteiger charge is -2.32. The smallest absolute Gasteiger partial charge is 0.185 e. The van der Waals surface area contributed by atoms with Gasteiger partial charge in [0.05, 0.1) is 6.04 Å². The molecule has 0 spiro atoms. The van der Waals surface area contributed by atoms with Crippen LogP contribution in [-0.4, -0.2) is 42.0 Å². The van der Waals surface area contributed by atoms with Crippen molar-refractivity contribution >= 4 is 11.5 Å². The second kappa shape index (κ2) is 6.70. The van der Waals surface area contributed by atoms with Gasteiger partial charge in [-0.05, 0) is 31.7 Å². The van der Waals surface area contributed by atoms with Crippen LogP contribution in [0.15, 0.2) is 42.7 Å². The summed E-state index contributed by atoms with van der Waals surface area (Å²) in [6.45, 7) is 2.09. The zero-order chi connectivity index (χ0) is 19.1. The quantitative estimate of drug-likeness (QED) is 0.576. The number of rotatable bonds is 5. The molecule has 1 unspecified atom stereocenters. The second-order valence-corrected chi connectivity index (χ2v) is 7.35. The maximum atomic E-state index is 5.00. The van der Waals surface area contributed by atoms with Gasteiger partial charge in [0.15, 0.2) is 23.1 Å². The molecule has 4 aromatic rings. The van der Waals surface area contributed by atoms with E-state index in [0.29, 0.717) is 5.92 Å². The third-order valence-electron chi connectivity index (χ3n) is 5.70. The summed E-state index contributed by atoms with van der Waals surface area (Å²) >= 11 is 0. The summed E-state index contributed by atoms with van der Waals surface area (Å²) in [4.78, 5) is 6.47. The van der Waals surface area contributed by atoms with Crippen molar-refractivity contribution in [3.8, 4) is 11.4 Å². The molecule has 28 heavy (non-hydrogen) atoms. The zero-order valence-electron chi connectivity index (χ0n) is 15.9. The van der Waals surface area contributed by atoms with E-state index in [-0.39, 0.29) is 6.04 Å². The standard InChI is InChI=1S/C20H22N8/c1-13(18-21-12-22-24-18)27(2)20-16(14-9-6-10-14)11-17-23-25-19(28(17)26-20)15-7-4-3-5-8-15/h3-5,7-8,11-14H,6,9-10H2,1-2H3,(H,21,22,24). The van der Waals surface area contributed by atoms with E-state index < -0.39 is 0 Å². The molecule has 1 atom stereocenters. The van der Waals surface area contributed by atoms with Gasteiger partial charge in [-0.1, -0.05) is 36.8 Å². The minimum absolute atomic E-state index is 0.00770. The van der Waals surface area contributed by atoms with Gasteiger partial charge < -0.3 is 4.90 Å². The molecule has 0 radical (unpaired) electrons. The van der Waals surface area contributed by atoms with Crippen LogP contribution in [0.1, 0.15) is 49.5 Å². The largest absolute Gasteiger partial charge is 0.348 e. The van der Waals surface area contributed by atoms with E-state index >= 15 is 0 Å². The minimum Gasteiger partial charge on any atom is -0.348 e. The number of H-pyrrole nitrogens is 1. The van der Waals surface area contributed by atoms with Gasteiger partial charge in [-0.3, -0.25) is 5.10 Å². The molecule has 5 rings (SSSR count). The average molecular weight is 374 g/mol. The number of benzene rings is 1. The van der Waals surface area contributed by atoms with Crippen molar-refractivity contribution in [2.75, 3.05) is 11.9 Å². The third kappa shape index (κ3) is 2.72. The van der Waals surface area contributed by atoms with Crippen LogP contribution >= 0.6 is 0 Å². The molecule has 3 heterocycles. The summed E-state index contributed by atoms with van der Waals surface area (Å²) in [6.07, 6.45) is 5.24. The first-order chi connectivity index (χ1) is 13.7. The van der Waals surface area contributed by atoms with E-state index in [1.807, 2.05) is 41.9 Å². The van der Waals surface area contributed by atoms with Crippen LogP contribution in [0.3, 0.4) is 0 Å². The number of hydrogen-bond donors (Lipinski definition) is 1. The number of aromatic nitrogens is 7. The molecule has 3 aromatic heterocycles. The van der Waals surface area contributed by atoms with E-state index in [4.69, 9.17) is 5.10 Å². The molecule has 1 aliphatic carbocycles. The first-order valence-corrected chi connectivity index (χ1v) is 9.62. The van der Waals surface area contributed by atoms with Gasteiger partial charge >= 0.3 is 0 Å². The van der Waals surface area contributed by atoms with Crippen LogP contribution in [0.2, 0.25) is 0 Å². The van der Waals surface area contributed by atoms with Crippen molar-refractivity contribution in [3.63, 3.8) is 0 Å². The number of fused-ring (bicyclic) bond motifs is 1. The Labute approximate surface area is 162 Å². The van der Waals surface area contributed by atoms with Gasteiger partial charge in [0, 0.05) is 18.2 Å². The average Bonchev–Trinajstić information content (AvgIpc) is 3.35. The van der Waals surface area contributed by atoms with Crippen molar-refractivity contribution in [3.05, 3.63) is 54.1 Å².